The summed E-state index contributed by atoms with van der Waals surface area (Å²) >= 11 is 0. The predicted molar refractivity (Wildman–Crippen MR) is 111 cm³/mol. The largest absolute Gasteiger partial charge is 0.334 e. The minimum Gasteiger partial charge on any atom is -0.334 e. The van der Waals surface area contributed by atoms with Gasteiger partial charge in [-0.1, -0.05) is 42.5 Å². The Morgan fingerprint density at radius 1 is 1.07 bits per heavy atom. The average Bonchev–Trinajstić information content (AvgIpc) is 2.75. The number of hydrogen-bond acceptors (Lipinski definition) is 3. The number of amides is 1. The van der Waals surface area contributed by atoms with Gasteiger partial charge in [0.1, 0.15) is 5.82 Å². The van der Waals surface area contributed by atoms with Crippen LogP contribution in [0.1, 0.15) is 36.9 Å². The number of hydrogen-bond donors (Lipinski definition) is 0. The third-order valence-corrected chi connectivity index (χ3v) is 7.48. The van der Waals surface area contributed by atoms with Crippen LogP contribution >= 0.6 is 0 Å². The molecule has 1 fully saturated rings. The Kier molecular flexibility index (Phi) is 6.70. The minimum atomic E-state index is -3.22. The standard InChI is InChI=1S/C22H27FN2O3S/c1-3-29(27,28)25-15-13-19(14-16-25)22(26)24(2)21(17-7-5-4-6-8-17)18-9-11-20(23)12-10-18/h4-12,19,21H,3,13-16H2,1-2H3. The molecule has 2 aromatic carbocycles. The first-order valence-corrected chi connectivity index (χ1v) is 11.5. The molecule has 1 amide bonds. The topological polar surface area (TPSA) is 57.7 Å². The SMILES string of the molecule is CCS(=O)(=O)N1CCC(C(=O)N(C)C(c2ccccc2)c2ccc(F)cc2)CC1. The van der Waals surface area contributed by atoms with E-state index < -0.39 is 10.0 Å². The summed E-state index contributed by atoms with van der Waals surface area (Å²) in [5.41, 5.74) is 1.78. The Hall–Kier alpha value is -2.25. The molecule has 1 saturated heterocycles. The van der Waals surface area contributed by atoms with Gasteiger partial charge in [0.05, 0.1) is 11.8 Å². The van der Waals surface area contributed by atoms with E-state index in [-0.39, 0.29) is 29.4 Å². The van der Waals surface area contributed by atoms with E-state index in [1.807, 2.05) is 30.3 Å². The van der Waals surface area contributed by atoms with Gasteiger partial charge in [-0.3, -0.25) is 4.79 Å². The van der Waals surface area contributed by atoms with Gasteiger partial charge in [-0.2, -0.15) is 0 Å². The molecule has 1 aliphatic heterocycles. The molecule has 156 valence electrons. The first kappa shape index (κ1) is 21.5. The summed E-state index contributed by atoms with van der Waals surface area (Å²) in [6, 6.07) is 15.5. The number of carbonyl (C=O) groups excluding carboxylic acids is 1. The van der Waals surface area contributed by atoms with Gasteiger partial charge in [0.25, 0.3) is 0 Å². The lowest BCUT2D eigenvalue weighted by atomic mass is 9.92. The fourth-order valence-electron chi connectivity index (χ4n) is 3.90. The van der Waals surface area contributed by atoms with E-state index in [0.29, 0.717) is 25.9 Å². The normalized spacial score (nSPS) is 17.1. The van der Waals surface area contributed by atoms with Crippen molar-refractivity contribution in [1.82, 2.24) is 9.21 Å². The summed E-state index contributed by atoms with van der Waals surface area (Å²) in [4.78, 5) is 15.0. The molecule has 1 unspecified atom stereocenters. The lowest BCUT2D eigenvalue weighted by molar-refractivity contribution is -0.137. The van der Waals surface area contributed by atoms with Gasteiger partial charge in [-0.25, -0.2) is 17.1 Å². The van der Waals surface area contributed by atoms with Crippen LogP contribution in [0.4, 0.5) is 4.39 Å². The highest BCUT2D eigenvalue weighted by Crippen LogP contribution is 2.31. The summed E-state index contributed by atoms with van der Waals surface area (Å²) in [5, 5.41) is 0. The van der Waals surface area contributed by atoms with E-state index in [2.05, 4.69) is 0 Å². The van der Waals surface area contributed by atoms with E-state index in [1.165, 1.54) is 16.4 Å². The third-order valence-electron chi connectivity index (χ3n) is 5.60. The third kappa shape index (κ3) is 4.85. The number of sulfonamides is 1. The molecule has 0 N–H and O–H groups in total. The molecule has 2 aromatic rings. The van der Waals surface area contributed by atoms with Gasteiger partial charge < -0.3 is 4.90 Å². The van der Waals surface area contributed by atoms with Gasteiger partial charge >= 0.3 is 0 Å². The van der Waals surface area contributed by atoms with Crippen LogP contribution < -0.4 is 0 Å². The van der Waals surface area contributed by atoms with E-state index in [4.69, 9.17) is 0 Å². The van der Waals surface area contributed by atoms with Gasteiger partial charge in [0, 0.05) is 26.1 Å². The molecule has 0 spiro atoms. The summed E-state index contributed by atoms with van der Waals surface area (Å²) in [5.74, 6) is -0.489. The van der Waals surface area contributed by atoms with Crippen LogP contribution in [-0.4, -0.2) is 49.4 Å². The molecular weight excluding hydrogens is 391 g/mol. The first-order chi connectivity index (χ1) is 13.8. The molecule has 7 heteroatoms. The van der Waals surface area contributed by atoms with Gasteiger partial charge in [-0.15, -0.1) is 0 Å². The summed E-state index contributed by atoms with van der Waals surface area (Å²) in [7, 11) is -1.46. The van der Waals surface area contributed by atoms with Crippen molar-refractivity contribution in [2.45, 2.75) is 25.8 Å². The van der Waals surface area contributed by atoms with Crippen LogP contribution in [0.2, 0.25) is 0 Å². The monoisotopic (exact) mass is 418 g/mol. The van der Waals surface area contributed by atoms with Crippen LogP contribution in [0.15, 0.2) is 54.6 Å². The maximum absolute atomic E-state index is 13.4. The summed E-state index contributed by atoms with van der Waals surface area (Å²) in [6.07, 6.45) is 1.01. The molecule has 0 aliphatic carbocycles. The smallest absolute Gasteiger partial charge is 0.226 e. The Bertz CT molecular complexity index is 924. The molecule has 1 heterocycles. The zero-order chi connectivity index (χ0) is 21.0. The second-order valence-electron chi connectivity index (χ2n) is 7.39. The van der Waals surface area contributed by atoms with Crippen molar-refractivity contribution in [3.63, 3.8) is 0 Å². The van der Waals surface area contributed by atoms with E-state index in [9.17, 15) is 17.6 Å². The zero-order valence-corrected chi connectivity index (χ0v) is 17.6. The number of halogens is 1. The molecule has 0 saturated carbocycles. The Morgan fingerprint density at radius 3 is 2.17 bits per heavy atom. The van der Waals surface area contributed by atoms with Crippen molar-refractivity contribution in [3.05, 3.63) is 71.5 Å². The minimum absolute atomic E-state index is 0.0169. The second kappa shape index (κ2) is 9.05. The fourth-order valence-corrected chi connectivity index (χ4v) is 5.03. The Labute approximate surface area is 172 Å². The van der Waals surface area contributed by atoms with Crippen molar-refractivity contribution in [3.8, 4) is 0 Å². The second-order valence-corrected chi connectivity index (χ2v) is 9.65. The number of piperidine rings is 1. The fraction of sp³-hybridized carbons (Fsp3) is 0.409. The Balaban J connectivity index is 1.80. The molecule has 1 atom stereocenters. The van der Waals surface area contributed by atoms with Crippen molar-refractivity contribution in [2.24, 2.45) is 5.92 Å². The first-order valence-electron chi connectivity index (χ1n) is 9.88. The van der Waals surface area contributed by atoms with Crippen LogP contribution in [-0.2, 0) is 14.8 Å². The molecule has 0 radical (unpaired) electrons. The molecule has 3 rings (SSSR count). The van der Waals surface area contributed by atoms with Crippen molar-refractivity contribution in [2.75, 3.05) is 25.9 Å². The van der Waals surface area contributed by atoms with Crippen molar-refractivity contribution >= 4 is 15.9 Å². The van der Waals surface area contributed by atoms with E-state index >= 15 is 0 Å². The number of rotatable bonds is 6. The Morgan fingerprint density at radius 2 is 1.62 bits per heavy atom. The van der Waals surface area contributed by atoms with Crippen LogP contribution in [0.3, 0.4) is 0 Å². The van der Waals surface area contributed by atoms with Gasteiger partial charge in [0.2, 0.25) is 15.9 Å². The molecule has 5 nitrogen and oxygen atoms in total. The zero-order valence-electron chi connectivity index (χ0n) is 16.8. The van der Waals surface area contributed by atoms with Crippen molar-refractivity contribution in [1.29, 1.82) is 0 Å². The maximum atomic E-state index is 13.4. The van der Waals surface area contributed by atoms with Gasteiger partial charge in [0.15, 0.2) is 0 Å². The van der Waals surface area contributed by atoms with Gasteiger partial charge in [-0.05, 0) is 43.0 Å². The maximum Gasteiger partial charge on any atom is 0.226 e. The van der Waals surface area contributed by atoms with Crippen LogP contribution in [0, 0.1) is 11.7 Å². The van der Waals surface area contributed by atoms with Crippen molar-refractivity contribution < 1.29 is 17.6 Å². The molecular formula is C22H27FN2O3S. The molecule has 1 aliphatic rings. The number of carbonyl (C=O) groups is 1. The highest BCUT2D eigenvalue weighted by molar-refractivity contribution is 7.89. The molecule has 0 aromatic heterocycles. The number of benzene rings is 2. The highest BCUT2D eigenvalue weighted by atomic mass is 32.2. The molecule has 0 bridgehead atoms. The molecule has 29 heavy (non-hydrogen) atoms. The quantitative estimate of drug-likeness (QED) is 0.722. The summed E-state index contributed by atoms with van der Waals surface area (Å²) < 4.78 is 39.0. The van der Waals surface area contributed by atoms with Crippen LogP contribution in [0.5, 0.6) is 0 Å². The lowest BCUT2D eigenvalue weighted by Gasteiger charge is -2.35. The van der Waals surface area contributed by atoms with E-state index in [0.717, 1.165) is 11.1 Å². The predicted octanol–water partition coefficient (Wildman–Crippen LogP) is 3.44. The lowest BCUT2D eigenvalue weighted by Crippen LogP contribution is -2.44. The number of nitrogens with zero attached hydrogens (tertiary/aromatic N) is 2. The highest BCUT2D eigenvalue weighted by Gasteiger charge is 2.34. The van der Waals surface area contributed by atoms with E-state index in [1.54, 1.807) is 31.0 Å². The van der Waals surface area contributed by atoms with Crippen LogP contribution in [0.25, 0.3) is 0 Å². The average molecular weight is 419 g/mol. The summed E-state index contributed by atoms with van der Waals surface area (Å²) in [6.45, 7) is 2.37.